The fourth-order valence-corrected chi connectivity index (χ4v) is 2.16. The molecule has 4 heteroatoms. The molecule has 2 aromatic rings. The van der Waals surface area contributed by atoms with E-state index >= 15 is 0 Å². The monoisotopic (exact) mass is 308 g/mol. The minimum atomic E-state index is -0.990. The molecule has 0 bridgehead atoms. The summed E-state index contributed by atoms with van der Waals surface area (Å²) in [6.45, 7) is 3.87. The van der Waals surface area contributed by atoms with Crippen molar-refractivity contribution in [2.24, 2.45) is 0 Å². The third-order valence-electron chi connectivity index (χ3n) is 3.46. The van der Waals surface area contributed by atoms with Gasteiger partial charge in [0, 0.05) is 0 Å². The van der Waals surface area contributed by atoms with Crippen LogP contribution in [0.4, 0.5) is 0 Å². The Kier molecular flexibility index (Phi) is 7.50. The van der Waals surface area contributed by atoms with E-state index in [1.807, 2.05) is 56.3 Å². The Hall–Kier alpha value is -2.66. The molecule has 2 N–H and O–H groups in total. The van der Waals surface area contributed by atoms with Gasteiger partial charge in [-0.3, -0.25) is 0 Å². The highest BCUT2D eigenvalue weighted by atomic mass is 16.3. The zero-order chi connectivity index (χ0) is 17.2. The standard InChI is InChI=1S/C10H11NO.C9H9NO/c1-2-8-5-3-4-6-9(8)10(12)7-11;1-7-4-2-3-5-8(7)9(11)6-10/h3-6,10,12H,2H2,1H3;2-5,9,11H,1H3. The van der Waals surface area contributed by atoms with Gasteiger partial charge in [-0.2, -0.15) is 10.5 Å². The Morgan fingerprint density at radius 2 is 1.35 bits per heavy atom. The van der Waals surface area contributed by atoms with E-state index in [4.69, 9.17) is 15.6 Å². The van der Waals surface area contributed by atoms with Gasteiger partial charge in [0.1, 0.15) is 0 Å². The first-order chi connectivity index (χ1) is 11.0. The van der Waals surface area contributed by atoms with E-state index in [9.17, 15) is 5.11 Å². The maximum atomic E-state index is 9.28. The number of hydrogen-bond acceptors (Lipinski definition) is 4. The molecular weight excluding hydrogens is 288 g/mol. The number of aliphatic hydroxyl groups is 2. The van der Waals surface area contributed by atoms with Crippen LogP contribution in [0.25, 0.3) is 0 Å². The molecule has 0 heterocycles. The molecule has 4 nitrogen and oxygen atoms in total. The number of benzene rings is 2. The van der Waals surface area contributed by atoms with Crippen molar-refractivity contribution in [3.05, 3.63) is 70.8 Å². The number of rotatable bonds is 3. The van der Waals surface area contributed by atoms with Crippen molar-refractivity contribution in [1.29, 1.82) is 10.5 Å². The van der Waals surface area contributed by atoms with E-state index in [0.717, 1.165) is 23.1 Å². The largest absolute Gasteiger partial charge is 0.374 e. The van der Waals surface area contributed by atoms with Crippen LogP contribution >= 0.6 is 0 Å². The van der Waals surface area contributed by atoms with E-state index in [1.165, 1.54) is 0 Å². The number of nitriles is 2. The Bertz CT molecular complexity index is 714. The van der Waals surface area contributed by atoms with Crippen LogP contribution < -0.4 is 0 Å². The molecule has 2 rings (SSSR count). The predicted molar refractivity (Wildman–Crippen MR) is 88.1 cm³/mol. The smallest absolute Gasteiger partial charge is 0.166 e. The number of aliphatic hydroxyl groups excluding tert-OH is 2. The van der Waals surface area contributed by atoms with Gasteiger partial charge in [-0.25, -0.2) is 0 Å². The number of aryl methyl sites for hydroxylation is 2. The normalized spacial score (nSPS) is 12.1. The van der Waals surface area contributed by atoms with Crippen molar-refractivity contribution in [2.45, 2.75) is 32.5 Å². The Balaban J connectivity index is 0.000000231. The summed E-state index contributed by atoms with van der Waals surface area (Å²) >= 11 is 0. The van der Waals surface area contributed by atoms with Crippen LogP contribution in [0.15, 0.2) is 48.5 Å². The zero-order valence-electron chi connectivity index (χ0n) is 13.3. The highest BCUT2D eigenvalue weighted by Gasteiger charge is 2.08. The minimum absolute atomic E-state index is 0.690. The number of nitrogens with zero attached hydrogens (tertiary/aromatic N) is 2. The fraction of sp³-hybridized carbons (Fsp3) is 0.263. The molecular formula is C19H20N2O2. The summed E-state index contributed by atoms with van der Waals surface area (Å²) in [4.78, 5) is 0. The van der Waals surface area contributed by atoms with Crippen LogP contribution in [0.3, 0.4) is 0 Å². The zero-order valence-corrected chi connectivity index (χ0v) is 13.3. The first kappa shape index (κ1) is 18.4. The van der Waals surface area contributed by atoms with Gasteiger partial charge in [-0.05, 0) is 35.6 Å². The third kappa shape index (κ3) is 5.23. The summed E-state index contributed by atoms with van der Waals surface area (Å²) in [5.74, 6) is 0. The third-order valence-corrected chi connectivity index (χ3v) is 3.46. The molecule has 0 amide bonds. The molecule has 0 aliphatic heterocycles. The van der Waals surface area contributed by atoms with Crippen molar-refractivity contribution in [1.82, 2.24) is 0 Å². The molecule has 23 heavy (non-hydrogen) atoms. The SMILES string of the molecule is CCc1ccccc1C(O)C#N.Cc1ccccc1C(O)C#N. The second-order valence-electron chi connectivity index (χ2n) is 4.97. The molecule has 0 radical (unpaired) electrons. The molecule has 0 aromatic heterocycles. The predicted octanol–water partition coefficient (Wildman–Crippen LogP) is 3.36. The van der Waals surface area contributed by atoms with Crippen molar-refractivity contribution in [2.75, 3.05) is 0 Å². The van der Waals surface area contributed by atoms with Crippen LogP contribution in [0.1, 0.15) is 41.4 Å². The van der Waals surface area contributed by atoms with Crippen LogP contribution in [0.2, 0.25) is 0 Å². The van der Waals surface area contributed by atoms with Gasteiger partial charge in [-0.1, -0.05) is 55.5 Å². The lowest BCUT2D eigenvalue weighted by Gasteiger charge is -2.07. The van der Waals surface area contributed by atoms with E-state index in [0.29, 0.717) is 5.56 Å². The Morgan fingerprint density at radius 1 is 0.870 bits per heavy atom. The molecule has 0 saturated carbocycles. The van der Waals surface area contributed by atoms with Crippen molar-refractivity contribution in [3.63, 3.8) is 0 Å². The van der Waals surface area contributed by atoms with Gasteiger partial charge in [0.15, 0.2) is 12.2 Å². The summed E-state index contributed by atoms with van der Waals surface area (Å²) in [6, 6.07) is 18.3. The maximum Gasteiger partial charge on any atom is 0.166 e. The van der Waals surface area contributed by atoms with E-state index in [-0.39, 0.29) is 0 Å². The van der Waals surface area contributed by atoms with Gasteiger partial charge in [0.05, 0.1) is 12.1 Å². The number of hydrogen-bond donors (Lipinski definition) is 2. The molecule has 118 valence electrons. The molecule has 0 saturated heterocycles. The summed E-state index contributed by atoms with van der Waals surface area (Å²) in [5, 5.41) is 35.3. The molecule has 0 aliphatic carbocycles. The molecule has 2 aromatic carbocycles. The topological polar surface area (TPSA) is 88.0 Å². The first-order valence-electron chi connectivity index (χ1n) is 7.33. The second-order valence-corrected chi connectivity index (χ2v) is 4.97. The summed E-state index contributed by atoms with van der Waals surface area (Å²) in [7, 11) is 0. The Morgan fingerprint density at radius 3 is 1.87 bits per heavy atom. The van der Waals surface area contributed by atoms with E-state index in [2.05, 4.69) is 0 Å². The van der Waals surface area contributed by atoms with Gasteiger partial charge in [0.2, 0.25) is 0 Å². The average molecular weight is 308 g/mol. The summed E-state index contributed by atoms with van der Waals surface area (Å²) in [5.41, 5.74) is 3.39. The van der Waals surface area contributed by atoms with E-state index < -0.39 is 12.2 Å². The molecule has 2 unspecified atom stereocenters. The first-order valence-corrected chi connectivity index (χ1v) is 7.33. The van der Waals surface area contributed by atoms with Gasteiger partial charge in [0.25, 0.3) is 0 Å². The lowest BCUT2D eigenvalue weighted by atomic mass is 10.0. The van der Waals surface area contributed by atoms with E-state index in [1.54, 1.807) is 18.2 Å². The fourth-order valence-electron chi connectivity index (χ4n) is 2.16. The van der Waals surface area contributed by atoms with Crippen LogP contribution in [0, 0.1) is 29.6 Å². The highest BCUT2D eigenvalue weighted by Crippen LogP contribution is 2.17. The molecule has 0 spiro atoms. The molecule has 0 fully saturated rings. The van der Waals surface area contributed by atoms with Gasteiger partial charge < -0.3 is 10.2 Å². The highest BCUT2D eigenvalue weighted by molar-refractivity contribution is 5.32. The lowest BCUT2D eigenvalue weighted by Crippen LogP contribution is -1.98. The van der Waals surface area contributed by atoms with Crippen LogP contribution in [-0.2, 0) is 6.42 Å². The van der Waals surface area contributed by atoms with Gasteiger partial charge >= 0.3 is 0 Å². The second kappa shape index (κ2) is 9.38. The lowest BCUT2D eigenvalue weighted by molar-refractivity contribution is 0.234. The Labute approximate surface area is 136 Å². The molecule has 0 aliphatic rings. The minimum Gasteiger partial charge on any atom is -0.374 e. The maximum absolute atomic E-state index is 9.28. The van der Waals surface area contributed by atoms with Gasteiger partial charge in [-0.15, -0.1) is 0 Å². The van der Waals surface area contributed by atoms with Crippen LogP contribution in [0.5, 0.6) is 0 Å². The summed E-state index contributed by atoms with van der Waals surface area (Å²) < 4.78 is 0. The van der Waals surface area contributed by atoms with Crippen LogP contribution in [-0.4, -0.2) is 10.2 Å². The average Bonchev–Trinajstić information content (AvgIpc) is 2.61. The molecule has 2 atom stereocenters. The van der Waals surface area contributed by atoms with Crippen molar-refractivity contribution in [3.8, 4) is 12.1 Å². The van der Waals surface area contributed by atoms with Crippen molar-refractivity contribution >= 4 is 0 Å². The quantitative estimate of drug-likeness (QED) is 0.851. The van der Waals surface area contributed by atoms with Crippen molar-refractivity contribution < 1.29 is 10.2 Å². The summed E-state index contributed by atoms with van der Waals surface area (Å²) in [6.07, 6.45) is -1.13.